The lowest BCUT2D eigenvalue weighted by atomic mass is 9.85. The molecule has 0 aromatic carbocycles. The maximum atomic E-state index is 10.3. The van der Waals surface area contributed by atoms with E-state index in [-0.39, 0.29) is 5.92 Å². The summed E-state index contributed by atoms with van der Waals surface area (Å²) in [6.45, 7) is 4.87. The van der Waals surface area contributed by atoms with E-state index < -0.39 is 23.8 Å². The highest BCUT2D eigenvalue weighted by atomic mass is 16.4. The van der Waals surface area contributed by atoms with Gasteiger partial charge in [-0.3, -0.25) is 0 Å². The van der Waals surface area contributed by atoms with E-state index in [0.717, 1.165) is 12.2 Å². The number of rotatable bonds is 7. The van der Waals surface area contributed by atoms with Crippen molar-refractivity contribution in [1.82, 2.24) is 0 Å². The van der Waals surface area contributed by atoms with Crippen LogP contribution in [0.2, 0.25) is 0 Å². The second kappa shape index (κ2) is 6.74. The molecule has 0 radical (unpaired) electrons. The van der Waals surface area contributed by atoms with Crippen molar-refractivity contribution in [2.75, 3.05) is 0 Å². The zero-order chi connectivity index (χ0) is 13.6. The molecular weight excluding hydrogens is 224 g/mol. The number of aliphatic hydroxyl groups is 3. The fraction of sp³-hybridized carbons (Fsp3) is 0.750. The summed E-state index contributed by atoms with van der Waals surface area (Å²) in [4.78, 5) is 10.3. The van der Waals surface area contributed by atoms with E-state index in [0.29, 0.717) is 12.8 Å². The first-order chi connectivity index (χ1) is 7.70. The monoisotopic (exact) mass is 246 g/mol. The Morgan fingerprint density at radius 3 is 2.35 bits per heavy atom. The molecule has 0 aliphatic carbocycles. The molecule has 100 valence electrons. The van der Waals surface area contributed by atoms with Crippen molar-refractivity contribution in [3.63, 3.8) is 0 Å². The van der Waals surface area contributed by atoms with Crippen LogP contribution in [0.3, 0.4) is 0 Å². The van der Waals surface area contributed by atoms with E-state index in [1.54, 1.807) is 6.92 Å². The van der Waals surface area contributed by atoms with Gasteiger partial charge < -0.3 is 20.4 Å². The van der Waals surface area contributed by atoms with Crippen LogP contribution in [-0.4, -0.2) is 44.2 Å². The second-order valence-corrected chi connectivity index (χ2v) is 4.62. The zero-order valence-corrected chi connectivity index (χ0v) is 10.5. The Hall–Kier alpha value is -0.910. The molecule has 0 amide bonds. The third-order valence-electron chi connectivity index (χ3n) is 2.82. The fourth-order valence-corrected chi connectivity index (χ4v) is 1.64. The molecule has 0 aromatic rings. The van der Waals surface area contributed by atoms with Gasteiger partial charge in [-0.25, -0.2) is 4.79 Å². The quantitative estimate of drug-likeness (QED) is 0.491. The number of carboxylic acids is 1. The van der Waals surface area contributed by atoms with Crippen LogP contribution in [0.4, 0.5) is 0 Å². The van der Waals surface area contributed by atoms with Crippen LogP contribution >= 0.6 is 0 Å². The zero-order valence-electron chi connectivity index (χ0n) is 10.5. The number of hydrogen-bond donors (Lipinski definition) is 4. The summed E-state index contributed by atoms with van der Waals surface area (Å²) in [6.07, 6.45) is 1.12. The Morgan fingerprint density at radius 2 is 1.94 bits per heavy atom. The SMILES string of the molecule is CC[C@@H](O)C[C@H](C)[C@H](O)[C@](C)(O)/C=C/C(=O)O. The van der Waals surface area contributed by atoms with E-state index in [9.17, 15) is 20.1 Å². The predicted molar refractivity (Wildman–Crippen MR) is 63.5 cm³/mol. The molecule has 0 aliphatic rings. The molecule has 0 unspecified atom stereocenters. The smallest absolute Gasteiger partial charge is 0.328 e. The number of carbonyl (C=O) groups is 1. The molecule has 0 aliphatic heterocycles. The highest BCUT2D eigenvalue weighted by Gasteiger charge is 2.32. The van der Waals surface area contributed by atoms with Crippen LogP contribution in [0, 0.1) is 5.92 Å². The predicted octanol–water partition coefficient (Wildman–Crippen LogP) is 0.536. The first-order valence-electron chi connectivity index (χ1n) is 5.71. The summed E-state index contributed by atoms with van der Waals surface area (Å²) >= 11 is 0. The lowest BCUT2D eigenvalue weighted by molar-refractivity contribution is -0.131. The van der Waals surface area contributed by atoms with Crippen molar-refractivity contribution < 1.29 is 25.2 Å². The van der Waals surface area contributed by atoms with Crippen molar-refractivity contribution >= 4 is 5.97 Å². The van der Waals surface area contributed by atoms with Crippen LogP contribution in [0.15, 0.2) is 12.2 Å². The molecule has 0 bridgehead atoms. The minimum Gasteiger partial charge on any atom is -0.478 e. The highest BCUT2D eigenvalue weighted by molar-refractivity contribution is 5.79. The first kappa shape index (κ1) is 16.1. The number of aliphatic hydroxyl groups excluding tert-OH is 2. The third-order valence-corrected chi connectivity index (χ3v) is 2.82. The maximum absolute atomic E-state index is 10.3. The second-order valence-electron chi connectivity index (χ2n) is 4.62. The molecule has 0 fully saturated rings. The van der Waals surface area contributed by atoms with Crippen molar-refractivity contribution in [2.45, 2.75) is 51.4 Å². The van der Waals surface area contributed by atoms with Gasteiger partial charge in [-0.05, 0) is 31.8 Å². The van der Waals surface area contributed by atoms with Crippen LogP contribution in [0.5, 0.6) is 0 Å². The highest BCUT2D eigenvalue weighted by Crippen LogP contribution is 2.23. The van der Waals surface area contributed by atoms with E-state index in [1.165, 1.54) is 6.92 Å². The molecule has 0 rings (SSSR count). The Morgan fingerprint density at radius 1 is 1.41 bits per heavy atom. The summed E-state index contributed by atoms with van der Waals surface area (Å²) in [7, 11) is 0. The average molecular weight is 246 g/mol. The maximum Gasteiger partial charge on any atom is 0.328 e. The summed E-state index contributed by atoms with van der Waals surface area (Å²) in [5, 5.41) is 37.7. The van der Waals surface area contributed by atoms with Crippen LogP contribution < -0.4 is 0 Å². The molecule has 4 atom stereocenters. The molecule has 0 saturated carbocycles. The molecule has 5 nitrogen and oxygen atoms in total. The molecule has 17 heavy (non-hydrogen) atoms. The van der Waals surface area contributed by atoms with Gasteiger partial charge in [-0.1, -0.05) is 13.8 Å². The molecule has 0 saturated heterocycles. The van der Waals surface area contributed by atoms with Gasteiger partial charge in [0.25, 0.3) is 0 Å². The van der Waals surface area contributed by atoms with Crippen molar-refractivity contribution in [2.24, 2.45) is 5.92 Å². The van der Waals surface area contributed by atoms with Gasteiger partial charge in [0, 0.05) is 6.08 Å². The largest absolute Gasteiger partial charge is 0.478 e. The van der Waals surface area contributed by atoms with Crippen LogP contribution in [0.25, 0.3) is 0 Å². The standard InChI is InChI=1S/C12H22O5/c1-4-9(13)7-8(2)11(16)12(3,17)6-5-10(14)15/h5-6,8-9,11,13,16-17H,4,7H2,1-3H3,(H,14,15)/b6-5+/t8-,9+,11-,12+/m0/s1. The average Bonchev–Trinajstić information content (AvgIpc) is 2.25. The van der Waals surface area contributed by atoms with E-state index in [2.05, 4.69) is 0 Å². The van der Waals surface area contributed by atoms with E-state index in [1.807, 2.05) is 6.92 Å². The van der Waals surface area contributed by atoms with Gasteiger partial charge in [-0.2, -0.15) is 0 Å². The number of aliphatic carboxylic acids is 1. The van der Waals surface area contributed by atoms with Gasteiger partial charge in [0.15, 0.2) is 0 Å². The summed E-state index contributed by atoms with van der Waals surface area (Å²) < 4.78 is 0. The van der Waals surface area contributed by atoms with E-state index in [4.69, 9.17) is 5.11 Å². The molecular formula is C12H22O5. The van der Waals surface area contributed by atoms with Crippen molar-refractivity contribution in [3.8, 4) is 0 Å². The van der Waals surface area contributed by atoms with E-state index >= 15 is 0 Å². The Balaban J connectivity index is 4.55. The molecule has 0 aromatic heterocycles. The summed E-state index contributed by atoms with van der Waals surface area (Å²) in [6, 6.07) is 0. The van der Waals surface area contributed by atoms with Crippen LogP contribution in [0.1, 0.15) is 33.6 Å². The normalized spacial score (nSPS) is 20.8. The van der Waals surface area contributed by atoms with Crippen LogP contribution in [-0.2, 0) is 4.79 Å². The molecule has 0 heterocycles. The number of carboxylic acid groups (broad SMARTS) is 1. The summed E-state index contributed by atoms with van der Waals surface area (Å²) in [5.74, 6) is -1.52. The Bertz CT molecular complexity index is 272. The van der Waals surface area contributed by atoms with Gasteiger partial charge in [0.1, 0.15) is 5.60 Å². The van der Waals surface area contributed by atoms with Gasteiger partial charge in [-0.15, -0.1) is 0 Å². The Labute approximate surface area is 101 Å². The lowest BCUT2D eigenvalue weighted by Crippen LogP contribution is -2.42. The number of hydrogen-bond acceptors (Lipinski definition) is 4. The minimum atomic E-state index is -1.62. The van der Waals surface area contributed by atoms with Gasteiger partial charge in [0.05, 0.1) is 12.2 Å². The van der Waals surface area contributed by atoms with Crippen molar-refractivity contribution in [3.05, 3.63) is 12.2 Å². The first-order valence-corrected chi connectivity index (χ1v) is 5.71. The topological polar surface area (TPSA) is 98.0 Å². The van der Waals surface area contributed by atoms with Gasteiger partial charge in [0.2, 0.25) is 0 Å². The lowest BCUT2D eigenvalue weighted by Gasteiger charge is -2.31. The van der Waals surface area contributed by atoms with Crippen molar-refractivity contribution in [1.29, 1.82) is 0 Å². The third kappa shape index (κ3) is 5.81. The minimum absolute atomic E-state index is 0.335. The summed E-state index contributed by atoms with van der Waals surface area (Å²) in [5.41, 5.74) is -1.62. The Kier molecular flexibility index (Phi) is 6.37. The molecule has 4 N–H and O–H groups in total. The van der Waals surface area contributed by atoms with Gasteiger partial charge >= 0.3 is 5.97 Å². The molecule has 5 heteroatoms. The molecule has 0 spiro atoms. The fourth-order valence-electron chi connectivity index (χ4n) is 1.64.